The molecule has 0 bridgehead atoms. The molecule has 23 nitrogen and oxygen atoms in total. The highest BCUT2D eigenvalue weighted by molar-refractivity contribution is 5.88. The highest BCUT2D eigenvalue weighted by Crippen LogP contribution is 2.72. The summed E-state index contributed by atoms with van der Waals surface area (Å²) < 4.78 is 48.3. The number of imidazole rings is 1. The molecule has 7 aromatic heterocycles. The number of amides is 3. The number of carbonyl (C=O) groups excluding carboxylic acids is 3. The van der Waals surface area contributed by atoms with Gasteiger partial charge in [-0.05, 0) is 323 Å². The molecular weight excluding hydrogens is 1620 g/mol. The highest BCUT2D eigenvalue weighted by Gasteiger charge is 2.72. The number of nitrogens with zero attached hydrogens (tertiary/aromatic N) is 11. The van der Waals surface area contributed by atoms with E-state index in [1.165, 1.54) is 53.1 Å². The predicted octanol–water partition coefficient (Wildman–Crippen LogP) is 14.1. The summed E-state index contributed by atoms with van der Waals surface area (Å²) in [4.78, 5) is 58.0. The van der Waals surface area contributed by atoms with E-state index in [1.54, 1.807) is 67.4 Å². The maximum Gasteiger partial charge on any atom is 0.253 e. The van der Waals surface area contributed by atoms with Crippen molar-refractivity contribution >= 4 is 41.6 Å². The first-order valence-corrected chi connectivity index (χ1v) is 46.1. The lowest BCUT2D eigenvalue weighted by atomic mass is 9.45. The summed E-state index contributed by atoms with van der Waals surface area (Å²) in [6.45, 7) is 15.5. The first kappa shape index (κ1) is 85.5. The number of benzene rings is 3. The largest absolute Gasteiger partial charge is 0.393 e. The van der Waals surface area contributed by atoms with Crippen LogP contribution in [0.3, 0.4) is 0 Å². The Bertz CT molecular complexity index is 6060. The van der Waals surface area contributed by atoms with Crippen molar-refractivity contribution in [2.45, 2.75) is 218 Å². The summed E-state index contributed by atoms with van der Waals surface area (Å²) in [5.41, 5.74) is 8.62. The Kier molecular flexibility index (Phi) is 21.1. The molecule has 128 heavy (non-hydrogen) atoms. The van der Waals surface area contributed by atoms with E-state index in [-0.39, 0.29) is 111 Å². The van der Waals surface area contributed by atoms with E-state index in [2.05, 4.69) is 90.2 Å². The Morgan fingerprint density at radius 1 is 0.477 bits per heavy atom. The molecule has 9 unspecified atom stereocenters. The lowest BCUT2D eigenvalue weighted by molar-refractivity contribution is -0.181. The van der Waals surface area contributed by atoms with Crippen molar-refractivity contribution in [2.24, 2.45) is 85.8 Å². The molecule has 12 aliphatic carbocycles. The Morgan fingerprint density at radius 3 is 1.30 bits per heavy atom. The highest BCUT2D eigenvalue weighted by atomic mass is 19.1. The van der Waals surface area contributed by atoms with Crippen LogP contribution in [0.25, 0.3) is 40.9 Å². The van der Waals surface area contributed by atoms with Gasteiger partial charge in [0.2, 0.25) is 0 Å². The number of fused-ring (bicyclic) bond motifs is 19. The van der Waals surface area contributed by atoms with Crippen LogP contribution in [0.1, 0.15) is 202 Å². The Labute approximate surface area is 743 Å². The molecule has 0 saturated heterocycles. The molecule has 9 fully saturated rings. The molecule has 9 N–H and O–H groups in total. The van der Waals surface area contributed by atoms with Gasteiger partial charge in [-0.25, -0.2) is 32.2 Å². The van der Waals surface area contributed by atoms with Crippen molar-refractivity contribution in [1.29, 1.82) is 0 Å². The minimum atomic E-state index is -1.56. The molecule has 9 saturated carbocycles. The van der Waals surface area contributed by atoms with Crippen LogP contribution in [0.2, 0.25) is 0 Å². The number of aliphatic hydroxyl groups is 6. The van der Waals surface area contributed by atoms with Gasteiger partial charge in [0, 0.05) is 79.1 Å². The van der Waals surface area contributed by atoms with Crippen LogP contribution < -0.4 is 16.0 Å². The molecule has 3 amide bonds. The topological polar surface area (TPSA) is 318 Å². The third kappa shape index (κ3) is 13.5. The summed E-state index contributed by atoms with van der Waals surface area (Å²) in [7, 11) is 0. The van der Waals surface area contributed by atoms with Crippen LogP contribution in [0.5, 0.6) is 0 Å². The van der Waals surface area contributed by atoms with E-state index < -0.39 is 51.4 Å². The SMILES string of the molecule is C[C@@H](NC(=O)[C@@]1(O)CCC2C3CCC4=Cc5c(cnn5-c5ccc(F)cc5)C[C@]4(C)C3[C@@H](O)C[C@@]21C)c1ccccn1.C[C@]12Cc3cnn(-c4ccc(F)cc4)c3C=C1CCC1C2[C@@H](O)C[C@@]2(C)C1CC[C@]2(O)C(=O)NCCc1cnccn1.C[C@]12Cc3cnn(-c4ccc(F)cc4)c3C=C1CCC1C2[C@@H](O)C[C@@]2(C)C1CC[C@]2(O)C(=O)NCc1ccc2nccn2c1. The summed E-state index contributed by atoms with van der Waals surface area (Å²) in [6, 6.07) is 28.3. The van der Waals surface area contributed by atoms with E-state index >= 15 is 0 Å². The van der Waals surface area contributed by atoms with Crippen molar-refractivity contribution < 1.29 is 58.2 Å². The molecule has 0 radical (unpaired) electrons. The van der Waals surface area contributed by atoms with Gasteiger partial charge in [0.15, 0.2) is 0 Å². The number of aliphatic hydroxyl groups excluding tert-OH is 3. The van der Waals surface area contributed by atoms with E-state index in [0.29, 0.717) is 58.0 Å². The zero-order chi connectivity index (χ0) is 89.2. The number of hydrogen-bond acceptors (Lipinski definition) is 16. The quantitative estimate of drug-likeness (QED) is 0.0518. The Balaban J connectivity index is 0.000000121. The molecule has 3 aromatic carbocycles. The van der Waals surface area contributed by atoms with Gasteiger partial charge in [0.1, 0.15) is 39.9 Å². The molecular formula is C102H115F3N14O9. The van der Waals surface area contributed by atoms with Crippen molar-refractivity contribution in [3.05, 3.63) is 250 Å². The van der Waals surface area contributed by atoms with Gasteiger partial charge in [0.05, 0.1) is 88.5 Å². The maximum absolute atomic E-state index is 13.7. The number of pyridine rings is 2. The van der Waals surface area contributed by atoms with E-state index in [0.717, 1.165) is 150 Å². The molecule has 0 aliphatic heterocycles. The smallest absolute Gasteiger partial charge is 0.253 e. The van der Waals surface area contributed by atoms with Crippen molar-refractivity contribution in [3.63, 3.8) is 0 Å². The number of rotatable bonds is 13. The van der Waals surface area contributed by atoms with Gasteiger partial charge < -0.3 is 51.0 Å². The fourth-order valence-corrected chi connectivity index (χ4v) is 28.4. The molecule has 22 rings (SSSR count). The third-order valence-electron chi connectivity index (χ3n) is 34.7. The van der Waals surface area contributed by atoms with Gasteiger partial charge in [-0.15, -0.1) is 0 Å². The Hall–Kier alpha value is -10.6. The van der Waals surface area contributed by atoms with Crippen LogP contribution in [0.4, 0.5) is 13.2 Å². The first-order chi connectivity index (χ1) is 61.3. The normalized spacial score (nSPS) is 34.9. The number of aromatic nitrogens is 11. The zero-order valence-electron chi connectivity index (χ0n) is 73.6. The number of halogens is 3. The van der Waals surface area contributed by atoms with Gasteiger partial charge in [-0.2, -0.15) is 15.3 Å². The lowest BCUT2D eigenvalue weighted by Gasteiger charge is -2.60. The second-order valence-electron chi connectivity index (χ2n) is 41.0. The number of hydrogen-bond donors (Lipinski definition) is 9. The summed E-state index contributed by atoms with van der Waals surface area (Å²) in [5.74, 6) is -0.807. The number of allylic oxidation sites excluding steroid dienone is 3. The second-order valence-corrected chi connectivity index (χ2v) is 41.0. The molecule has 7 heterocycles. The average molecular weight is 1740 g/mol. The van der Waals surface area contributed by atoms with Crippen molar-refractivity contribution in [1.82, 2.24) is 69.6 Å². The van der Waals surface area contributed by atoms with Crippen LogP contribution in [0, 0.1) is 103 Å². The summed E-state index contributed by atoms with van der Waals surface area (Å²) in [5, 5.41) is 94.9. The summed E-state index contributed by atoms with van der Waals surface area (Å²) in [6.07, 6.45) is 35.5. The third-order valence-corrected chi connectivity index (χ3v) is 34.7. The average Bonchev–Trinajstić information content (AvgIpc) is 1.50. The van der Waals surface area contributed by atoms with Gasteiger partial charge in [-0.3, -0.25) is 29.3 Å². The van der Waals surface area contributed by atoms with Crippen LogP contribution in [0.15, 0.2) is 182 Å². The standard InChI is InChI=1S/C35H38FN5O3.C34H39FN4O3.C33H38FN5O3/c1-33-16-22-19-39-41(25-7-5-24(36)6-8-25)28(22)15-23(33)4-9-26-27-11-12-35(44,34(27,2)17-29(42)31(26)33)32(43)38-18-21-3-10-30-37-13-14-40(30)20-21;1-20(27-6-4-5-15-36-27)38-31(41)34(42)14-13-26-25-12-7-22-16-28-21(19-37-39(28)24-10-8-23(35)9-11-24)17-32(22,2)30(25)29(40)18-33(26,34)3;1-31-16-20-18-38-39(24-6-4-22(34)5-7-24)27(20)15-21(31)3-8-25-26-9-11-33(42,32(26,2)17-28(40)29(25)31)30(41)37-12-10-23-19-35-13-14-36-23/h3,5-8,10,13-15,19-20,26-27,29,31,42,44H,4,9,11-12,16-18H2,1-2H3,(H,38,43);4-6,8-11,15-16,19-20,25-26,29-30,40,42H,7,12-14,17-18H2,1-3H3,(H,38,41);4-7,13-15,18-19,25-26,28-29,40,42H,3,8-12,16-17H2,1-2H3,(H,37,41)/t26?,27?,29-,31?,33-,34-,35-;20-,25?,26?,29+,30?,32+,33+,34+;25?,26?,28-,29?,31-,32-,33-/m010/s1. The molecule has 12 aliphatic rings. The fourth-order valence-electron chi connectivity index (χ4n) is 28.4. The van der Waals surface area contributed by atoms with Crippen molar-refractivity contribution in [2.75, 3.05) is 6.54 Å². The minimum Gasteiger partial charge on any atom is -0.393 e. The van der Waals surface area contributed by atoms with Gasteiger partial charge in [0.25, 0.3) is 17.7 Å². The van der Waals surface area contributed by atoms with Crippen molar-refractivity contribution in [3.8, 4) is 17.1 Å². The van der Waals surface area contributed by atoms with Crippen LogP contribution in [-0.4, -0.2) is 144 Å². The molecule has 22 atom stereocenters. The van der Waals surface area contributed by atoms with E-state index in [9.17, 15) is 58.2 Å². The van der Waals surface area contributed by atoms with Gasteiger partial charge in [-0.1, -0.05) is 70.4 Å². The monoisotopic (exact) mass is 1740 g/mol. The van der Waals surface area contributed by atoms with E-state index in [1.807, 2.05) is 107 Å². The molecule has 0 spiro atoms. The lowest BCUT2D eigenvalue weighted by Crippen LogP contribution is -2.63. The number of carbonyl (C=O) groups is 3. The first-order valence-electron chi connectivity index (χ1n) is 46.1. The zero-order valence-corrected chi connectivity index (χ0v) is 73.6. The van der Waals surface area contributed by atoms with Gasteiger partial charge >= 0.3 is 0 Å². The second kappa shape index (κ2) is 31.6. The maximum atomic E-state index is 13.7. The van der Waals surface area contributed by atoms with Crippen LogP contribution in [-0.2, 0) is 46.6 Å². The predicted molar refractivity (Wildman–Crippen MR) is 474 cm³/mol. The number of nitrogens with one attached hydrogen (secondary N) is 3. The van der Waals surface area contributed by atoms with E-state index in [4.69, 9.17) is 0 Å². The molecule has 668 valence electrons. The van der Waals surface area contributed by atoms with Crippen LogP contribution >= 0.6 is 0 Å². The minimum absolute atomic E-state index is 0.0233. The molecule has 26 heteroatoms. The Morgan fingerprint density at radius 2 is 0.898 bits per heavy atom. The molecule has 10 aromatic rings. The summed E-state index contributed by atoms with van der Waals surface area (Å²) >= 11 is 0. The fraction of sp³-hybridized carbons (Fsp3) is 0.490.